The van der Waals surface area contributed by atoms with Crippen LogP contribution in [0.3, 0.4) is 0 Å². The molecule has 21 heavy (non-hydrogen) atoms. The summed E-state index contributed by atoms with van der Waals surface area (Å²) >= 11 is 0. The van der Waals surface area contributed by atoms with Gasteiger partial charge in [0.15, 0.2) is 0 Å². The quantitative estimate of drug-likeness (QED) is 0.792. The van der Waals surface area contributed by atoms with E-state index in [0.717, 1.165) is 25.1 Å². The molecule has 0 aliphatic rings. The van der Waals surface area contributed by atoms with Crippen LogP contribution in [0.2, 0.25) is 0 Å². The van der Waals surface area contributed by atoms with Crippen LogP contribution in [0.15, 0.2) is 18.2 Å². The number of ether oxygens (including phenoxy) is 2. The van der Waals surface area contributed by atoms with Gasteiger partial charge in [0, 0.05) is 6.04 Å². The van der Waals surface area contributed by atoms with Crippen molar-refractivity contribution < 1.29 is 9.47 Å². The average Bonchev–Trinajstić information content (AvgIpc) is 2.41. The summed E-state index contributed by atoms with van der Waals surface area (Å²) in [6.07, 6.45) is 2.04. The van der Waals surface area contributed by atoms with Crippen molar-refractivity contribution >= 4 is 0 Å². The minimum atomic E-state index is -0.108. The summed E-state index contributed by atoms with van der Waals surface area (Å²) in [5, 5.41) is 3.58. The van der Waals surface area contributed by atoms with Crippen LogP contribution >= 0.6 is 0 Å². The molecule has 0 aliphatic heterocycles. The fourth-order valence-corrected chi connectivity index (χ4v) is 2.22. The van der Waals surface area contributed by atoms with Gasteiger partial charge in [-0.2, -0.15) is 0 Å². The molecule has 3 heteroatoms. The molecule has 0 saturated carbocycles. The molecule has 0 aliphatic carbocycles. The maximum absolute atomic E-state index is 5.96. The predicted molar refractivity (Wildman–Crippen MR) is 89.2 cm³/mol. The van der Waals surface area contributed by atoms with Crippen molar-refractivity contribution in [1.29, 1.82) is 0 Å². The zero-order valence-electron chi connectivity index (χ0n) is 14.5. The molecule has 3 nitrogen and oxygen atoms in total. The van der Waals surface area contributed by atoms with E-state index in [9.17, 15) is 0 Å². The predicted octanol–water partition coefficient (Wildman–Crippen LogP) is 3.73. The smallest absolute Gasteiger partial charge is 0.122 e. The van der Waals surface area contributed by atoms with E-state index in [1.165, 1.54) is 11.1 Å². The first-order valence-corrected chi connectivity index (χ1v) is 7.86. The standard InChI is InChI=1S/C18H31NO2/c1-7-10-19-16(13-21-18(3,4)5)12-15-11-14(2)8-9-17(15)20-6/h8-9,11,16,19H,7,10,12-13H2,1-6H3. The number of hydrogen-bond acceptors (Lipinski definition) is 3. The summed E-state index contributed by atoms with van der Waals surface area (Å²) in [5.41, 5.74) is 2.39. The van der Waals surface area contributed by atoms with E-state index in [4.69, 9.17) is 9.47 Å². The van der Waals surface area contributed by atoms with E-state index in [0.29, 0.717) is 12.6 Å². The Labute approximate surface area is 130 Å². The minimum absolute atomic E-state index is 0.108. The molecule has 1 rings (SSSR count). The van der Waals surface area contributed by atoms with Crippen molar-refractivity contribution in [3.8, 4) is 5.75 Å². The Hall–Kier alpha value is -1.06. The molecule has 0 saturated heterocycles. The first-order chi connectivity index (χ1) is 9.85. The van der Waals surface area contributed by atoms with Crippen molar-refractivity contribution in [1.82, 2.24) is 5.32 Å². The van der Waals surface area contributed by atoms with Crippen LogP contribution in [0.4, 0.5) is 0 Å². The SMILES string of the molecule is CCCNC(COC(C)(C)C)Cc1cc(C)ccc1OC. The van der Waals surface area contributed by atoms with E-state index < -0.39 is 0 Å². The maximum Gasteiger partial charge on any atom is 0.122 e. The molecule has 0 bridgehead atoms. The number of nitrogens with one attached hydrogen (secondary N) is 1. The van der Waals surface area contributed by atoms with Gasteiger partial charge in [-0.15, -0.1) is 0 Å². The number of rotatable bonds is 8. The maximum atomic E-state index is 5.96. The van der Waals surface area contributed by atoms with E-state index in [1.807, 2.05) is 6.07 Å². The molecule has 120 valence electrons. The van der Waals surface area contributed by atoms with Crippen molar-refractivity contribution in [2.75, 3.05) is 20.3 Å². The highest BCUT2D eigenvalue weighted by atomic mass is 16.5. The fourth-order valence-electron chi connectivity index (χ4n) is 2.22. The number of aryl methyl sites for hydroxylation is 1. The first kappa shape index (κ1) is 18.0. The zero-order valence-corrected chi connectivity index (χ0v) is 14.5. The lowest BCUT2D eigenvalue weighted by Gasteiger charge is -2.26. The van der Waals surface area contributed by atoms with Crippen molar-refractivity contribution in [3.63, 3.8) is 0 Å². The third-order valence-corrected chi connectivity index (χ3v) is 3.30. The number of benzene rings is 1. The molecule has 1 aromatic rings. The monoisotopic (exact) mass is 293 g/mol. The Kier molecular flexibility index (Phi) is 7.20. The summed E-state index contributed by atoms with van der Waals surface area (Å²) in [6.45, 7) is 12.3. The topological polar surface area (TPSA) is 30.5 Å². The second-order valence-corrected chi connectivity index (χ2v) is 6.59. The number of methoxy groups -OCH3 is 1. The fraction of sp³-hybridized carbons (Fsp3) is 0.667. The first-order valence-electron chi connectivity index (χ1n) is 7.86. The van der Waals surface area contributed by atoms with E-state index in [1.54, 1.807) is 7.11 Å². The van der Waals surface area contributed by atoms with Crippen LogP contribution < -0.4 is 10.1 Å². The lowest BCUT2D eigenvalue weighted by molar-refractivity contribution is -0.0143. The second kappa shape index (κ2) is 8.40. The second-order valence-electron chi connectivity index (χ2n) is 6.59. The molecule has 0 amide bonds. The lowest BCUT2D eigenvalue weighted by atomic mass is 10.0. The van der Waals surface area contributed by atoms with Gasteiger partial charge < -0.3 is 14.8 Å². The minimum Gasteiger partial charge on any atom is -0.496 e. The third kappa shape index (κ3) is 6.96. The Bertz CT molecular complexity index is 424. The molecular formula is C18H31NO2. The molecule has 0 spiro atoms. The highest BCUT2D eigenvalue weighted by Crippen LogP contribution is 2.21. The highest BCUT2D eigenvalue weighted by molar-refractivity contribution is 5.37. The zero-order chi connectivity index (χ0) is 15.9. The molecule has 0 radical (unpaired) electrons. The summed E-state index contributed by atoms with van der Waals surface area (Å²) in [4.78, 5) is 0. The molecular weight excluding hydrogens is 262 g/mol. The average molecular weight is 293 g/mol. The van der Waals surface area contributed by atoms with Gasteiger partial charge in [-0.25, -0.2) is 0 Å². The van der Waals surface area contributed by atoms with E-state index in [-0.39, 0.29) is 5.60 Å². The van der Waals surface area contributed by atoms with Crippen LogP contribution in [-0.4, -0.2) is 31.9 Å². The number of hydrogen-bond donors (Lipinski definition) is 1. The molecule has 0 fully saturated rings. The normalized spacial score (nSPS) is 13.2. The highest BCUT2D eigenvalue weighted by Gasteiger charge is 2.17. The molecule has 0 aromatic heterocycles. The summed E-state index contributed by atoms with van der Waals surface area (Å²) in [7, 11) is 1.73. The Balaban J connectivity index is 2.77. The van der Waals surface area contributed by atoms with Crippen LogP contribution in [0, 0.1) is 6.92 Å². The van der Waals surface area contributed by atoms with Gasteiger partial charge in [0.2, 0.25) is 0 Å². The van der Waals surface area contributed by atoms with Crippen LogP contribution in [-0.2, 0) is 11.2 Å². The Morgan fingerprint density at radius 3 is 2.52 bits per heavy atom. The van der Waals surface area contributed by atoms with E-state index >= 15 is 0 Å². The van der Waals surface area contributed by atoms with Crippen molar-refractivity contribution in [3.05, 3.63) is 29.3 Å². The molecule has 1 aromatic carbocycles. The summed E-state index contributed by atoms with van der Waals surface area (Å²) in [6, 6.07) is 6.64. The van der Waals surface area contributed by atoms with Crippen molar-refractivity contribution in [2.24, 2.45) is 0 Å². The summed E-state index contributed by atoms with van der Waals surface area (Å²) in [5.74, 6) is 0.958. The van der Waals surface area contributed by atoms with Gasteiger partial charge >= 0.3 is 0 Å². The van der Waals surface area contributed by atoms with Crippen LogP contribution in [0.25, 0.3) is 0 Å². The van der Waals surface area contributed by atoms with Gasteiger partial charge in [0.25, 0.3) is 0 Å². The van der Waals surface area contributed by atoms with Crippen LogP contribution in [0.1, 0.15) is 45.2 Å². The van der Waals surface area contributed by atoms with Gasteiger partial charge in [-0.05, 0) is 58.7 Å². The van der Waals surface area contributed by atoms with Gasteiger partial charge in [-0.3, -0.25) is 0 Å². The molecule has 1 atom stereocenters. The van der Waals surface area contributed by atoms with Gasteiger partial charge in [-0.1, -0.05) is 24.6 Å². The largest absolute Gasteiger partial charge is 0.496 e. The van der Waals surface area contributed by atoms with Gasteiger partial charge in [0.1, 0.15) is 5.75 Å². The summed E-state index contributed by atoms with van der Waals surface area (Å²) < 4.78 is 11.4. The Morgan fingerprint density at radius 1 is 1.24 bits per heavy atom. The van der Waals surface area contributed by atoms with Crippen LogP contribution in [0.5, 0.6) is 5.75 Å². The van der Waals surface area contributed by atoms with Crippen molar-refractivity contribution in [2.45, 2.75) is 59.1 Å². The third-order valence-electron chi connectivity index (χ3n) is 3.30. The molecule has 1 N–H and O–H groups in total. The molecule has 1 unspecified atom stereocenters. The van der Waals surface area contributed by atoms with E-state index in [2.05, 4.69) is 52.1 Å². The molecule has 0 heterocycles. The Morgan fingerprint density at radius 2 is 1.95 bits per heavy atom. The lowest BCUT2D eigenvalue weighted by Crippen LogP contribution is -2.38. The van der Waals surface area contributed by atoms with Gasteiger partial charge in [0.05, 0.1) is 19.3 Å².